The SMILES string of the molecule is CN=C(NCCCN1CCCCCC1)NCc1ccc(N2CCCC2=O)cc1.I. The van der Waals surface area contributed by atoms with Crippen LogP contribution in [0, 0.1) is 0 Å². The number of benzene rings is 1. The van der Waals surface area contributed by atoms with Crippen molar-refractivity contribution in [3.05, 3.63) is 29.8 Å². The third-order valence-corrected chi connectivity index (χ3v) is 5.65. The summed E-state index contributed by atoms with van der Waals surface area (Å²) in [7, 11) is 1.81. The van der Waals surface area contributed by atoms with Gasteiger partial charge in [-0.15, -0.1) is 24.0 Å². The minimum atomic E-state index is 0. The van der Waals surface area contributed by atoms with E-state index in [0.717, 1.165) is 44.1 Å². The summed E-state index contributed by atoms with van der Waals surface area (Å²) >= 11 is 0. The van der Waals surface area contributed by atoms with Crippen molar-refractivity contribution in [2.75, 3.05) is 44.7 Å². The van der Waals surface area contributed by atoms with E-state index in [1.54, 1.807) is 0 Å². The van der Waals surface area contributed by atoms with Gasteiger partial charge < -0.3 is 20.4 Å². The van der Waals surface area contributed by atoms with Gasteiger partial charge in [0.2, 0.25) is 5.91 Å². The molecule has 7 heteroatoms. The van der Waals surface area contributed by atoms with E-state index in [1.807, 2.05) is 24.1 Å². The Bertz CT molecular complexity index is 641. The molecule has 3 rings (SSSR count). The number of anilines is 1. The maximum atomic E-state index is 11.8. The summed E-state index contributed by atoms with van der Waals surface area (Å²) in [6.07, 6.45) is 8.24. The lowest BCUT2D eigenvalue weighted by atomic mass is 10.2. The van der Waals surface area contributed by atoms with Crippen molar-refractivity contribution in [2.45, 2.75) is 51.5 Å². The monoisotopic (exact) mass is 513 g/mol. The fourth-order valence-electron chi connectivity index (χ4n) is 3.99. The largest absolute Gasteiger partial charge is 0.356 e. The maximum absolute atomic E-state index is 11.8. The molecule has 0 aromatic heterocycles. The second-order valence-electron chi connectivity index (χ2n) is 7.78. The lowest BCUT2D eigenvalue weighted by Crippen LogP contribution is -2.38. The van der Waals surface area contributed by atoms with Crippen LogP contribution in [0.1, 0.15) is 50.5 Å². The number of carbonyl (C=O) groups is 1. The van der Waals surface area contributed by atoms with E-state index in [4.69, 9.17) is 0 Å². The molecule has 1 aromatic rings. The van der Waals surface area contributed by atoms with Gasteiger partial charge in [-0.05, 0) is 63.0 Å². The van der Waals surface area contributed by atoms with E-state index in [2.05, 4.69) is 32.7 Å². The van der Waals surface area contributed by atoms with Crippen LogP contribution in [0.4, 0.5) is 5.69 Å². The summed E-state index contributed by atoms with van der Waals surface area (Å²) in [5.74, 6) is 1.07. The lowest BCUT2D eigenvalue weighted by molar-refractivity contribution is -0.117. The zero-order valence-corrected chi connectivity index (χ0v) is 20.0. The molecule has 2 N–H and O–H groups in total. The number of carbonyl (C=O) groups excluding carboxylic acids is 1. The molecule has 0 saturated carbocycles. The summed E-state index contributed by atoms with van der Waals surface area (Å²) < 4.78 is 0. The highest BCUT2D eigenvalue weighted by Crippen LogP contribution is 2.21. The van der Waals surface area contributed by atoms with Gasteiger partial charge in [0.25, 0.3) is 0 Å². The Morgan fingerprint density at radius 3 is 2.34 bits per heavy atom. The Morgan fingerprint density at radius 2 is 1.72 bits per heavy atom. The molecule has 0 bridgehead atoms. The van der Waals surface area contributed by atoms with Crippen LogP contribution in [-0.2, 0) is 11.3 Å². The molecule has 1 aromatic carbocycles. The van der Waals surface area contributed by atoms with E-state index < -0.39 is 0 Å². The van der Waals surface area contributed by atoms with Crippen LogP contribution in [0.25, 0.3) is 0 Å². The van der Waals surface area contributed by atoms with Gasteiger partial charge >= 0.3 is 0 Å². The van der Waals surface area contributed by atoms with Gasteiger partial charge in [0, 0.05) is 38.8 Å². The summed E-state index contributed by atoms with van der Waals surface area (Å²) in [4.78, 5) is 20.6. The Kier molecular flexibility index (Phi) is 10.8. The van der Waals surface area contributed by atoms with E-state index in [1.165, 1.54) is 50.9 Å². The highest BCUT2D eigenvalue weighted by molar-refractivity contribution is 14.0. The Morgan fingerprint density at radius 1 is 1.00 bits per heavy atom. The molecule has 1 amide bonds. The summed E-state index contributed by atoms with van der Waals surface area (Å²) in [6, 6.07) is 8.25. The number of amides is 1. The van der Waals surface area contributed by atoms with Gasteiger partial charge in [-0.3, -0.25) is 9.79 Å². The van der Waals surface area contributed by atoms with Gasteiger partial charge in [-0.1, -0.05) is 25.0 Å². The predicted octanol–water partition coefficient (Wildman–Crippen LogP) is 3.36. The van der Waals surface area contributed by atoms with Gasteiger partial charge in [0.15, 0.2) is 5.96 Å². The van der Waals surface area contributed by atoms with E-state index >= 15 is 0 Å². The van der Waals surface area contributed by atoms with Crippen molar-refractivity contribution < 1.29 is 4.79 Å². The standard InChI is InChI=1S/C22H35N5O.HI/c1-23-22(24-13-7-16-26-14-4-2-3-5-15-26)25-18-19-9-11-20(12-10-19)27-17-6-8-21(27)28;/h9-12H,2-8,13-18H2,1H3,(H2,23,24,25);1H. The minimum absolute atomic E-state index is 0. The average Bonchev–Trinajstić information content (AvgIpc) is 2.98. The molecule has 2 aliphatic heterocycles. The Labute approximate surface area is 192 Å². The molecule has 162 valence electrons. The molecular weight excluding hydrogens is 477 g/mol. The number of rotatable bonds is 7. The molecular formula is C22H36IN5O. The van der Waals surface area contributed by atoms with Crippen LogP contribution in [0.5, 0.6) is 0 Å². The number of hydrogen-bond acceptors (Lipinski definition) is 3. The highest BCUT2D eigenvalue weighted by atomic mass is 127. The third kappa shape index (κ3) is 7.77. The molecule has 0 radical (unpaired) electrons. The molecule has 0 aliphatic carbocycles. The minimum Gasteiger partial charge on any atom is -0.356 e. The van der Waals surface area contributed by atoms with Crippen molar-refractivity contribution in [1.82, 2.24) is 15.5 Å². The van der Waals surface area contributed by atoms with E-state index in [-0.39, 0.29) is 29.9 Å². The quantitative estimate of drug-likeness (QED) is 0.254. The van der Waals surface area contributed by atoms with Crippen LogP contribution in [0.3, 0.4) is 0 Å². The number of nitrogens with one attached hydrogen (secondary N) is 2. The van der Waals surface area contributed by atoms with Crippen LogP contribution >= 0.6 is 24.0 Å². The first-order valence-electron chi connectivity index (χ1n) is 10.8. The normalized spacial score (nSPS) is 18.3. The fourth-order valence-corrected chi connectivity index (χ4v) is 3.99. The summed E-state index contributed by atoms with van der Waals surface area (Å²) in [6.45, 7) is 6.18. The highest BCUT2D eigenvalue weighted by Gasteiger charge is 2.21. The van der Waals surface area contributed by atoms with E-state index in [0.29, 0.717) is 6.42 Å². The van der Waals surface area contributed by atoms with Crippen molar-refractivity contribution in [1.29, 1.82) is 0 Å². The number of nitrogens with zero attached hydrogens (tertiary/aromatic N) is 3. The molecule has 0 atom stereocenters. The average molecular weight is 513 g/mol. The molecule has 2 saturated heterocycles. The Balaban J connectivity index is 0.00000300. The van der Waals surface area contributed by atoms with Crippen molar-refractivity contribution >= 4 is 41.5 Å². The van der Waals surface area contributed by atoms with Crippen LogP contribution in [0.15, 0.2) is 29.3 Å². The Hall–Kier alpha value is -1.35. The molecule has 0 spiro atoms. The van der Waals surface area contributed by atoms with Crippen molar-refractivity contribution in [2.24, 2.45) is 4.99 Å². The van der Waals surface area contributed by atoms with Crippen molar-refractivity contribution in [3.8, 4) is 0 Å². The lowest BCUT2D eigenvalue weighted by Gasteiger charge is -2.20. The zero-order chi connectivity index (χ0) is 19.6. The third-order valence-electron chi connectivity index (χ3n) is 5.65. The van der Waals surface area contributed by atoms with Gasteiger partial charge in [-0.25, -0.2) is 0 Å². The molecule has 2 fully saturated rings. The number of halogens is 1. The first-order chi connectivity index (χ1) is 13.8. The smallest absolute Gasteiger partial charge is 0.227 e. The maximum Gasteiger partial charge on any atom is 0.227 e. The van der Waals surface area contributed by atoms with Crippen LogP contribution in [0.2, 0.25) is 0 Å². The zero-order valence-electron chi connectivity index (χ0n) is 17.7. The second-order valence-corrected chi connectivity index (χ2v) is 7.78. The first kappa shape index (κ1) is 23.9. The molecule has 0 unspecified atom stereocenters. The molecule has 6 nitrogen and oxygen atoms in total. The van der Waals surface area contributed by atoms with Gasteiger partial charge in [0.1, 0.15) is 0 Å². The van der Waals surface area contributed by atoms with Crippen LogP contribution < -0.4 is 15.5 Å². The number of aliphatic imine (C=N–C) groups is 1. The first-order valence-corrected chi connectivity index (χ1v) is 10.8. The molecule has 2 heterocycles. The van der Waals surface area contributed by atoms with Crippen molar-refractivity contribution in [3.63, 3.8) is 0 Å². The van der Waals surface area contributed by atoms with E-state index in [9.17, 15) is 4.79 Å². The second kappa shape index (κ2) is 13.1. The predicted molar refractivity (Wildman–Crippen MR) is 131 cm³/mol. The fraction of sp³-hybridized carbons (Fsp3) is 0.636. The number of guanidine groups is 1. The van der Waals surface area contributed by atoms with Gasteiger partial charge in [-0.2, -0.15) is 0 Å². The molecule has 29 heavy (non-hydrogen) atoms. The molecule has 2 aliphatic rings. The number of likely N-dealkylation sites (tertiary alicyclic amines) is 1. The van der Waals surface area contributed by atoms with Gasteiger partial charge in [0.05, 0.1) is 0 Å². The summed E-state index contributed by atoms with van der Waals surface area (Å²) in [5, 5.41) is 6.79. The summed E-state index contributed by atoms with van der Waals surface area (Å²) in [5.41, 5.74) is 2.19. The van der Waals surface area contributed by atoms with Crippen LogP contribution in [-0.4, -0.2) is 56.5 Å². The topological polar surface area (TPSA) is 60.0 Å². The number of hydrogen-bond donors (Lipinski definition) is 2.